The maximum absolute atomic E-state index is 11.7. The predicted molar refractivity (Wildman–Crippen MR) is 93.9 cm³/mol. The van der Waals surface area contributed by atoms with Crippen molar-refractivity contribution in [3.05, 3.63) is 64.8 Å². The standard InChI is InChI=1S/C16H11ClN2OS2/c17-11-5-7-12(8-6-11)22-14-4-2-1-3-10(14)9-13-15(20)19-16(21)18-13/h1-9H,(H2,18,19,20,21). The average molecular weight is 347 g/mol. The highest BCUT2D eigenvalue weighted by atomic mass is 35.5. The predicted octanol–water partition coefficient (Wildman–Crippen LogP) is 3.84. The van der Waals surface area contributed by atoms with E-state index < -0.39 is 0 Å². The molecule has 1 aliphatic rings. The van der Waals surface area contributed by atoms with Crippen LogP contribution in [0.15, 0.2) is 64.0 Å². The number of hydrogen-bond donors (Lipinski definition) is 2. The molecule has 0 radical (unpaired) electrons. The number of benzene rings is 2. The van der Waals surface area contributed by atoms with E-state index in [2.05, 4.69) is 10.6 Å². The molecule has 2 aromatic rings. The zero-order chi connectivity index (χ0) is 15.5. The van der Waals surface area contributed by atoms with E-state index in [4.69, 9.17) is 23.8 Å². The lowest BCUT2D eigenvalue weighted by atomic mass is 10.2. The van der Waals surface area contributed by atoms with Crippen molar-refractivity contribution in [2.45, 2.75) is 9.79 Å². The van der Waals surface area contributed by atoms with Crippen LogP contribution in [0.25, 0.3) is 6.08 Å². The van der Waals surface area contributed by atoms with Crippen molar-refractivity contribution in [1.82, 2.24) is 10.6 Å². The number of carbonyl (C=O) groups excluding carboxylic acids is 1. The summed E-state index contributed by atoms with van der Waals surface area (Å²) in [6, 6.07) is 15.5. The number of carbonyl (C=O) groups is 1. The smallest absolute Gasteiger partial charge is 0.273 e. The summed E-state index contributed by atoms with van der Waals surface area (Å²) in [5.41, 5.74) is 1.40. The molecule has 3 nitrogen and oxygen atoms in total. The normalized spacial score (nSPS) is 15.8. The minimum Gasteiger partial charge on any atom is -0.328 e. The van der Waals surface area contributed by atoms with Crippen molar-refractivity contribution < 1.29 is 4.79 Å². The second kappa shape index (κ2) is 6.52. The summed E-state index contributed by atoms with van der Waals surface area (Å²) in [6.07, 6.45) is 1.80. The lowest BCUT2D eigenvalue weighted by Crippen LogP contribution is -2.21. The first-order chi connectivity index (χ1) is 10.6. The molecule has 1 fully saturated rings. The zero-order valence-electron chi connectivity index (χ0n) is 11.3. The summed E-state index contributed by atoms with van der Waals surface area (Å²) in [4.78, 5) is 13.9. The lowest BCUT2D eigenvalue weighted by Gasteiger charge is -2.06. The Balaban J connectivity index is 1.90. The summed E-state index contributed by atoms with van der Waals surface area (Å²) < 4.78 is 0. The van der Waals surface area contributed by atoms with Gasteiger partial charge in [-0.2, -0.15) is 0 Å². The fourth-order valence-electron chi connectivity index (χ4n) is 1.96. The molecule has 0 aromatic heterocycles. The molecule has 2 N–H and O–H groups in total. The molecule has 0 bridgehead atoms. The Morgan fingerprint density at radius 3 is 2.45 bits per heavy atom. The van der Waals surface area contributed by atoms with Crippen molar-refractivity contribution in [2.24, 2.45) is 0 Å². The van der Waals surface area contributed by atoms with Gasteiger partial charge in [-0.05, 0) is 54.2 Å². The van der Waals surface area contributed by atoms with Crippen molar-refractivity contribution >= 4 is 52.7 Å². The SMILES string of the molecule is O=C1NC(=S)NC1=Cc1ccccc1Sc1ccc(Cl)cc1. The summed E-state index contributed by atoms with van der Waals surface area (Å²) in [5, 5.41) is 6.45. The molecule has 22 heavy (non-hydrogen) atoms. The van der Waals surface area contributed by atoms with Crippen molar-refractivity contribution in [3.8, 4) is 0 Å². The van der Waals surface area contributed by atoms with Gasteiger partial charge in [-0.25, -0.2) is 0 Å². The zero-order valence-corrected chi connectivity index (χ0v) is 13.7. The van der Waals surface area contributed by atoms with Crippen LogP contribution in [0.3, 0.4) is 0 Å². The van der Waals surface area contributed by atoms with Gasteiger partial charge < -0.3 is 5.32 Å². The minimum absolute atomic E-state index is 0.212. The van der Waals surface area contributed by atoms with Gasteiger partial charge in [0, 0.05) is 14.8 Å². The van der Waals surface area contributed by atoms with Crippen LogP contribution < -0.4 is 10.6 Å². The molecular weight excluding hydrogens is 336 g/mol. The highest BCUT2D eigenvalue weighted by molar-refractivity contribution is 7.99. The van der Waals surface area contributed by atoms with Gasteiger partial charge in [0.2, 0.25) is 0 Å². The molecule has 3 rings (SSSR count). The van der Waals surface area contributed by atoms with E-state index in [1.54, 1.807) is 17.8 Å². The van der Waals surface area contributed by atoms with Crippen LogP contribution in [-0.4, -0.2) is 11.0 Å². The van der Waals surface area contributed by atoms with E-state index in [1.807, 2.05) is 48.5 Å². The molecule has 2 aromatic carbocycles. The highest BCUT2D eigenvalue weighted by Crippen LogP contribution is 2.32. The summed E-state index contributed by atoms with van der Waals surface area (Å²) in [6.45, 7) is 0. The Morgan fingerprint density at radius 1 is 1.05 bits per heavy atom. The Hall–Kier alpha value is -1.82. The molecule has 1 aliphatic heterocycles. The van der Waals surface area contributed by atoms with Crippen molar-refractivity contribution in [1.29, 1.82) is 0 Å². The molecular formula is C16H11ClN2OS2. The third kappa shape index (κ3) is 3.50. The number of halogens is 1. The Kier molecular flexibility index (Phi) is 4.47. The van der Waals surface area contributed by atoms with Crippen LogP contribution in [0.4, 0.5) is 0 Å². The topological polar surface area (TPSA) is 41.1 Å². The van der Waals surface area contributed by atoms with E-state index in [0.717, 1.165) is 15.4 Å². The second-order valence-electron chi connectivity index (χ2n) is 4.56. The van der Waals surface area contributed by atoms with Crippen LogP contribution in [0, 0.1) is 0 Å². The summed E-state index contributed by atoms with van der Waals surface area (Å²) in [5.74, 6) is -0.212. The second-order valence-corrected chi connectivity index (χ2v) is 6.52. The molecule has 0 unspecified atom stereocenters. The van der Waals surface area contributed by atoms with Crippen LogP contribution in [-0.2, 0) is 4.79 Å². The Labute approximate surface area is 142 Å². The molecule has 0 aliphatic carbocycles. The monoisotopic (exact) mass is 346 g/mol. The van der Waals surface area contributed by atoms with Crippen molar-refractivity contribution in [3.63, 3.8) is 0 Å². The number of hydrogen-bond acceptors (Lipinski definition) is 3. The minimum atomic E-state index is -0.212. The first-order valence-electron chi connectivity index (χ1n) is 6.48. The molecule has 1 saturated heterocycles. The van der Waals surface area contributed by atoms with Gasteiger partial charge in [0.15, 0.2) is 5.11 Å². The summed E-state index contributed by atoms with van der Waals surface area (Å²) >= 11 is 12.5. The van der Waals surface area contributed by atoms with Gasteiger partial charge in [-0.3, -0.25) is 10.1 Å². The number of thiocarbonyl (C=S) groups is 1. The van der Waals surface area contributed by atoms with E-state index in [1.165, 1.54) is 0 Å². The molecule has 6 heteroatoms. The highest BCUT2D eigenvalue weighted by Gasteiger charge is 2.20. The third-order valence-electron chi connectivity index (χ3n) is 2.98. The lowest BCUT2D eigenvalue weighted by molar-refractivity contribution is -0.115. The maximum Gasteiger partial charge on any atom is 0.273 e. The molecule has 110 valence electrons. The van der Waals surface area contributed by atoms with Crippen LogP contribution in [0.2, 0.25) is 5.02 Å². The van der Waals surface area contributed by atoms with Gasteiger partial charge >= 0.3 is 0 Å². The van der Waals surface area contributed by atoms with Gasteiger partial charge in [-0.15, -0.1) is 0 Å². The van der Waals surface area contributed by atoms with Gasteiger partial charge in [-0.1, -0.05) is 41.6 Å². The van der Waals surface area contributed by atoms with E-state index in [9.17, 15) is 4.79 Å². The van der Waals surface area contributed by atoms with Gasteiger partial charge in [0.25, 0.3) is 5.91 Å². The van der Waals surface area contributed by atoms with Crippen LogP contribution in [0.5, 0.6) is 0 Å². The summed E-state index contributed by atoms with van der Waals surface area (Å²) in [7, 11) is 0. The quantitative estimate of drug-likeness (QED) is 0.654. The number of amides is 1. The Bertz CT molecular complexity index is 772. The Morgan fingerprint density at radius 2 is 1.77 bits per heavy atom. The first-order valence-corrected chi connectivity index (χ1v) is 8.08. The van der Waals surface area contributed by atoms with Crippen molar-refractivity contribution in [2.75, 3.05) is 0 Å². The molecule has 0 saturated carbocycles. The first kappa shape index (κ1) is 15.1. The fourth-order valence-corrected chi connectivity index (χ4v) is 3.21. The largest absolute Gasteiger partial charge is 0.328 e. The molecule has 0 spiro atoms. The molecule has 1 amide bonds. The average Bonchev–Trinajstić information content (AvgIpc) is 2.81. The van der Waals surface area contributed by atoms with E-state index in [-0.39, 0.29) is 5.91 Å². The van der Waals surface area contributed by atoms with Gasteiger partial charge in [0.1, 0.15) is 5.70 Å². The number of nitrogens with one attached hydrogen (secondary N) is 2. The van der Waals surface area contributed by atoms with E-state index in [0.29, 0.717) is 15.8 Å². The number of rotatable bonds is 3. The van der Waals surface area contributed by atoms with E-state index >= 15 is 0 Å². The van der Waals surface area contributed by atoms with Crippen LogP contribution >= 0.6 is 35.6 Å². The van der Waals surface area contributed by atoms with Crippen LogP contribution in [0.1, 0.15) is 5.56 Å². The molecule has 0 atom stereocenters. The molecule has 1 heterocycles. The van der Waals surface area contributed by atoms with Gasteiger partial charge in [0.05, 0.1) is 0 Å². The maximum atomic E-state index is 11.7. The third-order valence-corrected chi connectivity index (χ3v) is 4.54. The fraction of sp³-hybridized carbons (Fsp3) is 0.